The highest BCUT2D eigenvalue weighted by Gasteiger charge is 2.23. The van der Waals surface area contributed by atoms with E-state index in [0.717, 1.165) is 13.1 Å². The number of benzene rings is 1. The van der Waals surface area contributed by atoms with Gasteiger partial charge in [-0.3, -0.25) is 9.69 Å². The van der Waals surface area contributed by atoms with Crippen molar-refractivity contribution < 1.29 is 4.79 Å². The molecule has 1 heterocycles. The molecular formula is C15H22ClN3O. The molecule has 1 amide bonds. The van der Waals surface area contributed by atoms with E-state index in [2.05, 4.69) is 24.1 Å². The Kier molecular flexibility index (Phi) is 4.89. The molecule has 20 heavy (non-hydrogen) atoms. The van der Waals surface area contributed by atoms with Crippen LogP contribution in [0, 0.1) is 11.8 Å². The molecule has 3 N–H and O–H groups in total. The van der Waals surface area contributed by atoms with Gasteiger partial charge in [-0.05, 0) is 36.5 Å². The smallest absolute Gasteiger partial charge is 0.238 e. The maximum atomic E-state index is 12.1. The lowest BCUT2D eigenvalue weighted by molar-refractivity contribution is -0.117. The van der Waals surface area contributed by atoms with Crippen molar-refractivity contribution in [1.29, 1.82) is 0 Å². The molecular weight excluding hydrogens is 274 g/mol. The van der Waals surface area contributed by atoms with E-state index in [0.29, 0.717) is 34.8 Å². The average Bonchev–Trinajstić information content (AvgIpc) is 2.31. The quantitative estimate of drug-likeness (QED) is 0.843. The lowest BCUT2D eigenvalue weighted by Gasteiger charge is -2.34. The van der Waals surface area contributed by atoms with Crippen LogP contribution in [-0.4, -0.2) is 30.4 Å². The number of hydrogen-bond acceptors (Lipinski definition) is 3. The van der Waals surface area contributed by atoms with Gasteiger partial charge in [0.2, 0.25) is 5.91 Å². The van der Waals surface area contributed by atoms with Crippen molar-refractivity contribution in [2.24, 2.45) is 11.8 Å². The lowest BCUT2D eigenvalue weighted by atomic mass is 9.92. The van der Waals surface area contributed by atoms with Gasteiger partial charge < -0.3 is 11.1 Å². The molecule has 2 atom stereocenters. The number of nitrogens with zero attached hydrogens (tertiary/aromatic N) is 1. The normalized spacial score (nSPS) is 23.6. The number of nitrogens with two attached hydrogens (primary N) is 1. The number of carbonyl (C=O) groups excluding carboxylic acids is 1. The number of hydrogen-bond donors (Lipinski definition) is 2. The zero-order valence-corrected chi connectivity index (χ0v) is 12.8. The second-order valence-corrected chi connectivity index (χ2v) is 6.36. The number of nitrogen functional groups attached to an aromatic ring is 1. The van der Waals surface area contributed by atoms with Crippen LogP contribution in [-0.2, 0) is 4.79 Å². The van der Waals surface area contributed by atoms with Crippen LogP contribution in [0.1, 0.15) is 20.3 Å². The predicted octanol–water partition coefficient (Wildman–Crippen LogP) is 2.84. The summed E-state index contributed by atoms with van der Waals surface area (Å²) in [5.41, 5.74) is 6.95. The standard InChI is InChI=1S/C15H22ClN3O/c1-10-5-11(2)8-19(7-10)9-15(20)18-14-4-3-12(16)6-13(14)17/h3-4,6,10-11H,5,7-9,17H2,1-2H3,(H,18,20). The Labute approximate surface area is 125 Å². The third kappa shape index (κ3) is 4.12. The molecule has 0 saturated carbocycles. The molecule has 1 aliphatic heterocycles. The van der Waals surface area contributed by atoms with Crippen LogP contribution in [0.4, 0.5) is 11.4 Å². The number of carbonyl (C=O) groups is 1. The van der Waals surface area contributed by atoms with Crippen LogP contribution in [0.15, 0.2) is 18.2 Å². The minimum absolute atomic E-state index is 0.0275. The van der Waals surface area contributed by atoms with Gasteiger partial charge in [-0.15, -0.1) is 0 Å². The van der Waals surface area contributed by atoms with E-state index in [-0.39, 0.29) is 5.91 Å². The molecule has 0 radical (unpaired) electrons. The van der Waals surface area contributed by atoms with Crippen LogP contribution < -0.4 is 11.1 Å². The van der Waals surface area contributed by atoms with E-state index in [1.807, 2.05) is 0 Å². The number of halogens is 1. The number of rotatable bonds is 3. The van der Waals surface area contributed by atoms with E-state index in [1.54, 1.807) is 18.2 Å². The predicted molar refractivity (Wildman–Crippen MR) is 83.9 cm³/mol. The van der Waals surface area contributed by atoms with E-state index >= 15 is 0 Å². The first-order valence-electron chi connectivity index (χ1n) is 7.01. The summed E-state index contributed by atoms with van der Waals surface area (Å²) in [5, 5.41) is 3.42. The van der Waals surface area contributed by atoms with Gasteiger partial charge in [0.05, 0.1) is 17.9 Å². The molecule has 0 aromatic heterocycles. The van der Waals surface area contributed by atoms with E-state index in [9.17, 15) is 4.79 Å². The van der Waals surface area contributed by atoms with Crippen molar-refractivity contribution in [2.45, 2.75) is 20.3 Å². The van der Waals surface area contributed by atoms with Crippen LogP contribution >= 0.6 is 11.6 Å². The summed E-state index contributed by atoms with van der Waals surface area (Å²) >= 11 is 5.84. The van der Waals surface area contributed by atoms with E-state index in [4.69, 9.17) is 17.3 Å². The Hall–Kier alpha value is -1.26. The van der Waals surface area contributed by atoms with Gasteiger partial charge in [-0.2, -0.15) is 0 Å². The van der Waals surface area contributed by atoms with Crippen LogP contribution in [0.5, 0.6) is 0 Å². The molecule has 4 nitrogen and oxygen atoms in total. The third-order valence-corrected chi connectivity index (χ3v) is 3.83. The topological polar surface area (TPSA) is 58.4 Å². The first-order chi connectivity index (χ1) is 9.44. The second kappa shape index (κ2) is 6.46. The van der Waals surface area contributed by atoms with Crippen molar-refractivity contribution in [2.75, 3.05) is 30.7 Å². The van der Waals surface area contributed by atoms with Gasteiger partial charge in [0.1, 0.15) is 0 Å². The fourth-order valence-corrected chi connectivity index (χ4v) is 3.14. The van der Waals surface area contributed by atoms with E-state index < -0.39 is 0 Å². The summed E-state index contributed by atoms with van der Waals surface area (Å²) in [6.45, 7) is 6.84. The summed E-state index contributed by atoms with van der Waals surface area (Å²) in [7, 11) is 0. The Morgan fingerprint density at radius 2 is 2.05 bits per heavy atom. The van der Waals surface area contributed by atoms with Crippen molar-refractivity contribution in [1.82, 2.24) is 4.90 Å². The van der Waals surface area contributed by atoms with Gasteiger partial charge in [-0.1, -0.05) is 25.4 Å². The molecule has 0 spiro atoms. The summed E-state index contributed by atoms with van der Waals surface area (Å²) in [6.07, 6.45) is 1.24. The van der Waals surface area contributed by atoms with Crippen LogP contribution in [0.2, 0.25) is 5.02 Å². The highest BCUT2D eigenvalue weighted by atomic mass is 35.5. The minimum atomic E-state index is -0.0275. The van der Waals surface area contributed by atoms with Crippen LogP contribution in [0.25, 0.3) is 0 Å². The number of likely N-dealkylation sites (tertiary alicyclic amines) is 1. The summed E-state index contributed by atoms with van der Waals surface area (Å²) in [4.78, 5) is 14.3. The first kappa shape index (κ1) is 15.1. The number of anilines is 2. The van der Waals surface area contributed by atoms with Gasteiger partial charge in [0.15, 0.2) is 0 Å². The monoisotopic (exact) mass is 295 g/mol. The third-order valence-electron chi connectivity index (χ3n) is 3.60. The number of nitrogens with one attached hydrogen (secondary N) is 1. The Balaban J connectivity index is 1.92. The molecule has 110 valence electrons. The Morgan fingerprint density at radius 1 is 1.40 bits per heavy atom. The summed E-state index contributed by atoms with van der Waals surface area (Å²) in [5.74, 6) is 1.26. The minimum Gasteiger partial charge on any atom is -0.397 e. The van der Waals surface area contributed by atoms with Crippen molar-refractivity contribution in [3.05, 3.63) is 23.2 Å². The molecule has 0 aliphatic carbocycles. The maximum Gasteiger partial charge on any atom is 0.238 e. The van der Waals surface area contributed by atoms with Crippen molar-refractivity contribution >= 4 is 28.9 Å². The van der Waals surface area contributed by atoms with Crippen molar-refractivity contribution in [3.63, 3.8) is 0 Å². The fourth-order valence-electron chi connectivity index (χ4n) is 2.96. The Bertz CT molecular complexity index is 482. The second-order valence-electron chi connectivity index (χ2n) is 5.92. The van der Waals surface area contributed by atoms with Crippen LogP contribution in [0.3, 0.4) is 0 Å². The van der Waals surface area contributed by atoms with E-state index in [1.165, 1.54) is 6.42 Å². The molecule has 2 rings (SSSR count). The average molecular weight is 296 g/mol. The highest BCUT2D eigenvalue weighted by Crippen LogP contribution is 2.23. The largest absolute Gasteiger partial charge is 0.397 e. The maximum absolute atomic E-state index is 12.1. The van der Waals surface area contributed by atoms with Gasteiger partial charge in [0, 0.05) is 18.1 Å². The molecule has 1 aromatic carbocycles. The molecule has 1 aromatic rings. The van der Waals surface area contributed by atoms with Gasteiger partial charge in [0.25, 0.3) is 0 Å². The molecule has 0 bridgehead atoms. The lowest BCUT2D eigenvalue weighted by Crippen LogP contribution is -2.42. The molecule has 5 heteroatoms. The summed E-state index contributed by atoms with van der Waals surface area (Å²) < 4.78 is 0. The summed E-state index contributed by atoms with van der Waals surface area (Å²) in [6, 6.07) is 5.10. The van der Waals surface area contributed by atoms with Gasteiger partial charge in [-0.25, -0.2) is 0 Å². The van der Waals surface area contributed by atoms with Gasteiger partial charge >= 0.3 is 0 Å². The fraction of sp³-hybridized carbons (Fsp3) is 0.533. The highest BCUT2D eigenvalue weighted by molar-refractivity contribution is 6.31. The SMILES string of the molecule is CC1CC(C)CN(CC(=O)Nc2ccc(Cl)cc2N)C1. The van der Waals surface area contributed by atoms with Crippen molar-refractivity contribution in [3.8, 4) is 0 Å². The number of piperidine rings is 1. The molecule has 1 saturated heterocycles. The first-order valence-corrected chi connectivity index (χ1v) is 7.39. The zero-order valence-electron chi connectivity index (χ0n) is 12.0. The molecule has 2 unspecified atom stereocenters. The molecule has 1 aliphatic rings. The Morgan fingerprint density at radius 3 is 2.65 bits per heavy atom. The zero-order chi connectivity index (χ0) is 14.7. The molecule has 1 fully saturated rings. The number of amides is 1.